The van der Waals surface area contributed by atoms with Crippen LogP contribution >= 0.6 is 15.9 Å². The second-order valence-corrected chi connectivity index (χ2v) is 5.96. The number of halogens is 2. The molecule has 1 aliphatic heterocycles. The molecule has 0 radical (unpaired) electrons. The molecule has 0 spiro atoms. The van der Waals surface area contributed by atoms with Gasteiger partial charge in [-0.25, -0.2) is 4.39 Å². The molecule has 0 bridgehead atoms. The fourth-order valence-electron chi connectivity index (χ4n) is 2.27. The summed E-state index contributed by atoms with van der Waals surface area (Å²) in [7, 11) is 0. The molecule has 0 aliphatic carbocycles. The molecule has 1 aliphatic rings. The third kappa shape index (κ3) is 3.34. The number of carbonyl (C=O) groups is 1. The number of piperazine rings is 1. The fraction of sp³-hybridized carbons (Fsp3) is 0.500. The molecule has 0 saturated carbocycles. The van der Waals surface area contributed by atoms with E-state index in [4.69, 9.17) is 0 Å². The van der Waals surface area contributed by atoms with Crippen LogP contribution in [0.4, 0.5) is 4.39 Å². The zero-order valence-corrected chi connectivity index (χ0v) is 12.8. The van der Waals surface area contributed by atoms with E-state index >= 15 is 0 Å². The third-order valence-electron chi connectivity index (χ3n) is 3.49. The number of hydrogen-bond acceptors (Lipinski definition) is 2. The maximum absolute atomic E-state index is 13.8. The van der Waals surface area contributed by atoms with E-state index in [1.54, 1.807) is 11.0 Å². The lowest BCUT2D eigenvalue weighted by Crippen LogP contribution is -2.50. The first-order valence-electron chi connectivity index (χ1n) is 6.47. The predicted octanol–water partition coefficient (Wildman–Crippen LogP) is 2.75. The normalized spacial score (nSPS) is 17.0. The number of benzene rings is 1. The zero-order chi connectivity index (χ0) is 14.0. The summed E-state index contributed by atoms with van der Waals surface area (Å²) in [6.45, 7) is 7.31. The summed E-state index contributed by atoms with van der Waals surface area (Å²) >= 11 is 3.19. The highest BCUT2D eigenvalue weighted by atomic mass is 79.9. The average molecular weight is 329 g/mol. The van der Waals surface area contributed by atoms with Crippen molar-refractivity contribution in [3.63, 3.8) is 0 Å². The molecule has 1 aromatic carbocycles. The van der Waals surface area contributed by atoms with Gasteiger partial charge in [0.15, 0.2) is 0 Å². The van der Waals surface area contributed by atoms with Crippen LogP contribution in [0.25, 0.3) is 0 Å². The van der Waals surface area contributed by atoms with Crippen LogP contribution in [0.3, 0.4) is 0 Å². The lowest BCUT2D eigenvalue weighted by atomic mass is 10.1. The highest BCUT2D eigenvalue weighted by molar-refractivity contribution is 9.10. The van der Waals surface area contributed by atoms with E-state index in [0.29, 0.717) is 23.6 Å². The average Bonchev–Trinajstić information content (AvgIpc) is 2.38. The van der Waals surface area contributed by atoms with Crippen LogP contribution in [0.5, 0.6) is 0 Å². The number of nitrogens with zero attached hydrogens (tertiary/aromatic N) is 2. The van der Waals surface area contributed by atoms with Crippen LogP contribution < -0.4 is 0 Å². The Morgan fingerprint density at radius 1 is 1.26 bits per heavy atom. The first kappa shape index (κ1) is 14.5. The van der Waals surface area contributed by atoms with Crippen molar-refractivity contribution in [3.8, 4) is 0 Å². The smallest absolute Gasteiger partial charge is 0.256 e. The van der Waals surface area contributed by atoms with Crippen LogP contribution in [0.2, 0.25) is 0 Å². The molecular weight excluding hydrogens is 311 g/mol. The van der Waals surface area contributed by atoms with Gasteiger partial charge in [0.2, 0.25) is 0 Å². The van der Waals surface area contributed by atoms with Gasteiger partial charge in [-0.1, -0.05) is 15.9 Å². The molecule has 0 unspecified atom stereocenters. The van der Waals surface area contributed by atoms with Crippen LogP contribution in [-0.4, -0.2) is 47.9 Å². The molecule has 1 heterocycles. The Labute approximate surface area is 121 Å². The van der Waals surface area contributed by atoms with E-state index < -0.39 is 5.82 Å². The minimum absolute atomic E-state index is 0.154. The Morgan fingerprint density at radius 2 is 1.89 bits per heavy atom. The number of rotatable bonds is 2. The van der Waals surface area contributed by atoms with Crippen molar-refractivity contribution in [2.45, 2.75) is 19.9 Å². The van der Waals surface area contributed by atoms with E-state index in [2.05, 4.69) is 34.7 Å². The molecule has 1 aromatic rings. The highest BCUT2D eigenvalue weighted by Crippen LogP contribution is 2.18. The maximum atomic E-state index is 13.8. The van der Waals surface area contributed by atoms with E-state index in [1.807, 2.05) is 0 Å². The van der Waals surface area contributed by atoms with Crippen LogP contribution in [0, 0.1) is 5.82 Å². The number of hydrogen-bond donors (Lipinski definition) is 0. The summed E-state index contributed by atoms with van der Waals surface area (Å²) < 4.78 is 14.4. The van der Waals surface area contributed by atoms with E-state index in [-0.39, 0.29) is 11.5 Å². The second-order valence-electron chi connectivity index (χ2n) is 5.05. The van der Waals surface area contributed by atoms with Gasteiger partial charge in [0.05, 0.1) is 5.56 Å². The van der Waals surface area contributed by atoms with E-state index in [9.17, 15) is 9.18 Å². The van der Waals surface area contributed by atoms with E-state index in [0.717, 1.165) is 13.1 Å². The second kappa shape index (κ2) is 6.01. The zero-order valence-electron chi connectivity index (χ0n) is 11.2. The first-order chi connectivity index (χ1) is 8.99. The van der Waals surface area contributed by atoms with Gasteiger partial charge in [-0.3, -0.25) is 9.69 Å². The van der Waals surface area contributed by atoms with Gasteiger partial charge in [-0.05, 0) is 32.0 Å². The number of amides is 1. The van der Waals surface area contributed by atoms with Crippen molar-refractivity contribution in [1.82, 2.24) is 9.80 Å². The lowest BCUT2D eigenvalue weighted by molar-refractivity contribution is 0.0591. The van der Waals surface area contributed by atoms with Crippen molar-refractivity contribution >= 4 is 21.8 Å². The molecule has 5 heteroatoms. The maximum Gasteiger partial charge on any atom is 0.256 e. The summed E-state index contributed by atoms with van der Waals surface area (Å²) in [5, 5.41) is 0. The summed E-state index contributed by atoms with van der Waals surface area (Å²) in [6.07, 6.45) is 0. The van der Waals surface area contributed by atoms with Crippen LogP contribution in [-0.2, 0) is 0 Å². The Kier molecular flexibility index (Phi) is 4.58. The standard InChI is InChI=1S/C14H18BrFN2O/c1-10(2)17-5-7-18(8-6-17)14(19)12-4-3-11(15)9-13(12)16/h3-4,9-10H,5-8H2,1-2H3. The Hall–Kier alpha value is -0.940. The van der Waals surface area contributed by atoms with Crippen molar-refractivity contribution < 1.29 is 9.18 Å². The molecule has 0 N–H and O–H groups in total. The monoisotopic (exact) mass is 328 g/mol. The molecule has 19 heavy (non-hydrogen) atoms. The molecule has 3 nitrogen and oxygen atoms in total. The van der Waals surface area contributed by atoms with Gasteiger partial charge in [0.25, 0.3) is 5.91 Å². The predicted molar refractivity (Wildman–Crippen MR) is 76.7 cm³/mol. The Bertz CT molecular complexity index is 471. The van der Waals surface area contributed by atoms with Crippen molar-refractivity contribution in [2.24, 2.45) is 0 Å². The van der Waals surface area contributed by atoms with Crippen LogP contribution in [0.15, 0.2) is 22.7 Å². The van der Waals surface area contributed by atoms with Crippen molar-refractivity contribution in [1.29, 1.82) is 0 Å². The van der Waals surface area contributed by atoms with Gasteiger partial charge in [0, 0.05) is 36.7 Å². The molecule has 1 amide bonds. The molecule has 1 fully saturated rings. The molecule has 1 saturated heterocycles. The topological polar surface area (TPSA) is 23.6 Å². The SMILES string of the molecule is CC(C)N1CCN(C(=O)c2ccc(Br)cc2F)CC1. The summed E-state index contributed by atoms with van der Waals surface area (Å²) in [5.74, 6) is -0.681. The van der Waals surface area contributed by atoms with Gasteiger partial charge >= 0.3 is 0 Å². The molecule has 104 valence electrons. The summed E-state index contributed by atoms with van der Waals surface area (Å²) in [6, 6.07) is 5.05. The molecule has 0 atom stereocenters. The minimum atomic E-state index is -0.467. The summed E-state index contributed by atoms with van der Waals surface area (Å²) in [4.78, 5) is 16.3. The fourth-order valence-corrected chi connectivity index (χ4v) is 2.61. The van der Waals surface area contributed by atoms with Crippen LogP contribution in [0.1, 0.15) is 24.2 Å². The lowest BCUT2D eigenvalue weighted by Gasteiger charge is -2.37. The summed E-state index contributed by atoms with van der Waals surface area (Å²) in [5.41, 5.74) is 0.154. The van der Waals surface area contributed by atoms with Gasteiger partial charge in [-0.2, -0.15) is 0 Å². The molecule has 0 aromatic heterocycles. The van der Waals surface area contributed by atoms with Gasteiger partial charge in [0.1, 0.15) is 5.82 Å². The van der Waals surface area contributed by atoms with Crippen molar-refractivity contribution in [2.75, 3.05) is 26.2 Å². The Morgan fingerprint density at radius 3 is 2.42 bits per heavy atom. The molecule has 2 rings (SSSR count). The molecular formula is C14H18BrFN2O. The third-order valence-corrected chi connectivity index (χ3v) is 3.99. The van der Waals surface area contributed by atoms with Crippen molar-refractivity contribution in [3.05, 3.63) is 34.1 Å². The highest BCUT2D eigenvalue weighted by Gasteiger charge is 2.24. The Balaban J connectivity index is 2.05. The number of carbonyl (C=O) groups excluding carboxylic acids is 1. The first-order valence-corrected chi connectivity index (χ1v) is 7.26. The van der Waals surface area contributed by atoms with E-state index in [1.165, 1.54) is 12.1 Å². The van der Waals surface area contributed by atoms with Gasteiger partial charge in [-0.15, -0.1) is 0 Å². The largest absolute Gasteiger partial charge is 0.336 e. The minimum Gasteiger partial charge on any atom is -0.336 e. The van der Waals surface area contributed by atoms with Gasteiger partial charge < -0.3 is 4.90 Å². The quantitative estimate of drug-likeness (QED) is 0.833.